The summed E-state index contributed by atoms with van der Waals surface area (Å²) in [6, 6.07) is 0. The third kappa shape index (κ3) is 5.19. The first kappa shape index (κ1) is 15.8. The van der Waals surface area contributed by atoms with E-state index in [1.807, 2.05) is 0 Å². The average molecular weight is 239 g/mol. The van der Waals surface area contributed by atoms with Crippen LogP contribution in [0.25, 0.3) is 0 Å². The summed E-state index contributed by atoms with van der Waals surface area (Å²) in [4.78, 5) is 0. The smallest absolute Gasteiger partial charge is 0.304 e. The van der Waals surface area contributed by atoms with Gasteiger partial charge >= 0.3 is 6.18 Å². The Hall–Kier alpha value is -0.250. The molecule has 0 spiro atoms. The quantitative estimate of drug-likeness (QED) is 0.623. The second-order valence-corrected chi connectivity index (χ2v) is 4.52. The van der Waals surface area contributed by atoms with E-state index in [4.69, 9.17) is 0 Å². The molecule has 0 heterocycles. The van der Waals surface area contributed by atoms with Gasteiger partial charge in [0.25, 0.3) is 0 Å². The maximum atomic E-state index is 12.8. The third-order valence-corrected chi connectivity index (χ3v) is 2.97. The number of alkyl halides is 3. The van der Waals surface area contributed by atoms with E-state index < -0.39 is 11.7 Å². The van der Waals surface area contributed by atoms with Crippen LogP contribution in [0.3, 0.4) is 0 Å². The molecule has 0 saturated carbocycles. The number of halogens is 3. The predicted molar refractivity (Wildman–Crippen MR) is 61.5 cm³/mol. The highest BCUT2D eigenvalue weighted by atomic mass is 19.4. The standard InChI is InChI=1S/C12H24F3N/c1-4-6-7-8-9-10-11(3,16-5-2)12(13,14)15/h16H,4-10H2,1-3H3. The summed E-state index contributed by atoms with van der Waals surface area (Å²) in [6.07, 6.45) is 0.819. The van der Waals surface area contributed by atoms with Crippen molar-refractivity contribution in [2.45, 2.75) is 71.0 Å². The Bertz CT molecular complexity index is 180. The lowest BCUT2D eigenvalue weighted by atomic mass is 9.93. The van der Waals surface area contributed by atoms with Crippen molar-refractivity contribution in [3.63, 3.8) is 0 Å². The molecule has 0 aromatic rings. The summed E-state index contributed by atoms with van der Waals surface area (Å²) in [7, 11) is 0. The molecule has 4 heteroatoms. The van der Waals surface area contributed by atoms with Gasteiger partial charge in [-0.1, -0.05) is 46.0 Å². The van der Waals surface area contributed by atoms with Crippen molar-refractivity contribution in [3.05, 3.63) is 0 Å². The molecule has 0 amide bonds. The zero-order valence-electron chi connectivity index (χ0n) is 10.6. The number of hydrogen-bond donors (Lipinski definition) is 1. The number of rotatable bonds is 8. The fraction of sp³-hybridized carbons (Fsp3) is 1.00. The predicted octanol–water partition coefficient (Wildman–Crippen LogP) is 4.28. The van der Waals surface area contributed by atoms with Crippen molar-refractivity contribution in [1.29, 1.82) is 0 Å². The van der Waals surface area contributed by atoms with Crippen molar-refractivity contribution in [3.8, 4) is 0 Å². The molecule has 0 aliphatic carbocycles. The van der Waals surface area contributed by atoms with Gasteiger partial charge in [0.15, 0.2) is 0 Å². The molecule has 0 radical (unpaired) electrons. The van der Waals surface area contributed by atoms with Gasteiger partial charge in [0.1, 0.15) is 5.54 Å². The van der Waals surface area contributed by atoms with E-state index in [9.17, 15) is 13.2 Å². The molecule has 98 valence electrons. The fourth-order valence-electron chi connectivity index (χ4n) is 1.80. The molecule has 0 bridgehead atoms. The van der Waals surface area contributed by atoms with E-state index in [2.05, 4.69) is 12.2 Å². The lowest BCUT2D eigenvalue weighted by molar-refractivity contribution is -0.193. The van der Waals surface area contributed by atoms with Crippen LogP contribution in [0.15, 0.2) is 0 Å². The first-order valence-electron chi connectivity index (χ1n) is 6.19. The summed E-state index contributed by atoms with van der Waals surface area (Å²) in [6.45, 7) is 5.42. The normalized spacial score (nSPS) is 16.1. The zero-order chi connectivity index (χ0) is 12.7. The van der Waals surface area contributed by atoms with Gasteiger partial charge in [0.05, 0.1) is 0 Å². The minimum Gasteiger partial charge on any atom is -0.304 e. The molecular formula is C12H24F3N. The lowest BCUT2D eigenvalue weighted by Crippen LogP contribution is -2.54. The van der Waals surface area contributed by atoms with Gasteiger partial charge in [0.2, 0.25) is 0 Å². The van der Waals surface area contributed by atoms with E-state index >= 15 is 0 Å². The Morgan fingerprint density at radius 1 is 0.938 bits per heavy atom. The third-order valence-electron chi connectivity index (χ3n) is 2.97. The van der Waals surface area contributed by atoms with Gasteiger partial charge in [0, 0.05) is 0 Å². The minimum atomic E-state index is -4.16. The topological polar surface area (TPSA) is 12.0 Å². The van der Waals surface area contributed by atoms with E-state index in [0.717, 1.165) is 25.7 Å². The van der Waals surface area contributed by atoms with Crippen molar-refractivity contribution < 1.29 is 13.2 Å². The summed E-state index contributed by atoms with van der Waals surface area (Å²) in [5.41, 5.74) is -1.71. The summed E-state index contributed by atoms with van der Waals surface area (Å²) < 4.78 is 38.4. The molecular weight excluding hydrogens is 215 g/mol. The molecule has 16 heavy (non-hydrogen) atoms. The lowest BCUT2D eigenvalue weighted by Gasteiger charge is -2.33. The molecule has 1 atom stereocenters. The first-order valence-corrected chi connectivity index (χ1v) is 6.19. The van der Waals surface area contributed by atoms with Crippen molar-refractivity contribution in [2.75, 3.05) is 6.54 Å². The molecule has 1 nitrogen and oxygen atoms in total. The highest BCUT2D eigenvalue weighted by molar-refractivity contribution is 4.90. The van der Waals surface area contributed by atoms with Crippen molar-refractivity contribution in [1.82, 2.24) is 5.32 Å². The van der Waals surface area contributed by atoms with E-state index in [1.54, 1.807) is 6.92 Å². The van der Waals surface area contributed by atoms with Crippen LogP contribution in [0.4, 0.5) is 13.2 Å². The molecule has 0 fully saturated rings. The fourth-order valence-corrected chi connectivity index (χ4v) is 1.80. The Morgan fingerprint density at radius 2 is 1.50 bits per heavy atom. The Kier molecular flexibility index (Phi) is 7.04. The van der Waals surface area contributed by atoms with Crippen LogP contribution in [-0.4, -0.2) is 18.3 Å². The number of unbranched alkanes of at least 4 members (excludes halogenated alkanes) is 4. The van der Waals surface area contributed by atoms with Gasteiger partial charge in [-0.3, -0.25) is 0 Å². The zero-order valence-corrected chi connectivity index (χ0v) is 10.6. The second-order valence-electron chi connectivity index (χ2n) is 4.52. The molecule has 0 aromatic carbocycles. The van der Waals surface area contributed by atoms with Crippen molar-refractivity contribution >= 4 is 0 Å². The van der Waals surface area contributed by atoms with Crippen LogP contribution in [-0.2, 0) is 0 Å². The van der Waals surface area contributed by atoms with Gasteiger partial charge in [-0.05, 0) is 19.9 Å². The monoisotopic (exact) mass is 239 g/mol. The molecule has 1 unspecified atom stereocenters. The van der Waals surface area contributed by atoms with Crippen LogP contribution in [0.2, 0.25) is 0 Å². The maximum absolute atomic E-state index is 12.8. The van der Waals surface area contributed by atoms with Crippen LogP contribution in [0, 0.1) is 0 Å². The van der Waals surface area contributed by atoms with Crippen LogP contribution in [0.5, 0.6) is 0 Å². The Balaban J connectivity index is 4.04. The van der Waals surface area contributed by atoms with Gasteiger partial charge in [-0.25, -0.2) is 0 Å². The Morgan fingerprint density at radius 3 is 1.94 bits per heavy atom. The minimum absolute atomic E-state index is 0.175. The summed E-state index contributed by atoms with van der Waals surface area (Å²) >= 11 is 0. The van der Waals surface area contributed by atoms with Gasteiger partial charge < -0.3 is 5.32 Å². The van der Waals surface area contributed by atoms with E-state index in [-0.39, 0.29) is 6.42 Å². The maximum Gasteiger partial charge on any atom is 0.406 e. The SMILES string of the molecule is CCCCCCCC(C)(NCC)C(F)(F)F. The molecule has 0 aromatic heterocycles. The van der Waals surface area contributed by atoms with Crippen LogP contribution in [0.1, 0.15) is 59.3 Å². The van der Waals surface area contributed by atoms with Crippen LogP contribution >= 0.6 is 0 Å². The molecule has 0 saturated heterocycles. The van der Waals surface area contributed by atoms with Gasteiger partial charge in [-0.2, -0.15) is 13.2 Å². The highest BCUT2D eigenvalue weighted by Gasteiger charge is 2.49. The number of nitrogens with one attached hydrogen (secondary N) is 1. The van der Waals surface area contributed by atoms with E-state index in [1.165, 1.54) is 6.92 Å². The summed E-state index contributed by atoms with van der Waals surface area (Å²) in [5, 5.41) is 2.56. The second kappa shape index (κ2) is 7.15. The van der Waals surface area contributed by atoms with Gasteiger partial charge in [-0.15, -0.1) is 0 Å². The molecule has 1 N–H and O–H groups in total. The van der Waals surface area contributed by atoms with E-state index in [0.29, 0.717) is 13.0 Å². The largest absolute Gasteiger partial charge is 0.406 e. The number of hydrogen-bond acceptors (Lipinski definition) is 1. The first-order chi connectivity index (χ1) is 7.37. The highest BCUT2D eigenvalue weighted by Crippen LogP contribution is 2.34. The summed E-state index contributed by atoms with van der Waals surface area (Å²) in [5.74, 6) is 0. The molecule has 0 aliphatic rings. The van der Waals surface area contributed by atoms with Crippen LogP contribution < -0.4 is 5.32 Å². The Labute approximate surface area is 96.8 Å². The molecule has 0 rings (SSSR count). The average Bonchev–Trinajstić information content (AvgIpc) is 2.16. The van der Waals surface area contributed by atoms with Crippen molar-refractivity contribution in [2.24, 2.45) is 0 Å². The molecule has 0 aliphatic heterocycles.